The maximum atomic E-state index is 12.0. The maximum absolute atomic E-state index is 12.0. The van der Waals surface area contributed by atoms with Crippen molar-refractivity contribution in [2.24, 2.45) is 0 Å². The number of carbonyl (C=O) groups excluding carboxylic acids is 2. The number of benzene rings is 4. The Hall–Kier alpha value is -4.49. The summed E-state index contributed by atoms with van der Waals surface area (Å²) in [5.74, 6) is -0.696. The largest absolute Gasteiger partial charge is 0.323 e. The van der Waals surface area contributed by atoms with E-state index in [1.54, 1.807) is 84.9 Å². The molecule has 0 heterocycles. The topological polar surface area (TPSA) is 92.3 Å². The Labute approximate surface area is 204 Å². The van der Waals surface area contributed by atoms with Gasteiger partial charge < -0.3 is 10.6 Å². The molecule has 6 nitrogen and oxygen atoms in total. The van der Waals surface area contributed by atoms with Gasteiger partial charge in [0.2, 0.25) is 21.7 Å². The van der Waals surface area contributed by atoms with E-state index in [0.717, 1.165) is 0 Å². The molecule has 0 bridgehead atoms. The standard InChI is InChI=1S/C16H14N2O2.C12H10O2S/c19-15(17-13-7-3-1-4-8-13)11-12-16(20)18-14-9-5-2-6-10-14;13-15(14,11-7-3-1-4-8-11)12-9-5-2-6-10-12/h1-12H,(H,17,19)(H,18,20);1-10H. The van der Waals surface area contributed by atoms with Gasteiger partial charge in [0, 0.05) is 23.5 Å². The molecule has 0 saturated carbocycles. The predicted molar refractivity (Wildman–Crippen MR) is 138 cm³/mol. The van der Waals surface area contributed by atoms with Gasteiger partial charge in [0.25, 0.3) is 0 Å². The van der Waals surface area contributed by atoms with Crippen LogP contribution in [-0.2, 0) is 19.4 Å². The van der Waals surface area contributed by atoms with Crippen LogP contribution in [0.5, 0.6) is 0 Å². The van der Waals surface area contributed by atoms with Crippen LogP contribution in [0.2, 0.25) is 0 Å². The highest BCUT2D eigenvalue weighted by molar-refractivity contribution is 7.91. The summed E-state index contributed by atoms with van der Waals surface area (Å²) in [6.07, 6.45) is 2.40. The van der Waals surface area contributed by atoms with E-state index in [2.05, 4.69) is 10.6 Å². The zero-order valence-electron chi connectivity index (χ0n) is 18.7. The molecular formula is C28H24N2O4S. The second-order valence-corrected chi connectivity index (χ2v) is 9.12. The van der Waals surface area contributed by atoms with Crippen LogP contribution in [0.3, 0.4) is 0 Å². The molecule has 35 heavy (non-hydrogen) atoms. The second kappa shape index (κ2) is 12.7. The first kappa shape index (κ1) is 25.1. The number of sulfone groups is 1. The van der Waals surface area contributed by atoms with E-state index in [0.29, 0.717) is 21.2 Å². The monoisotopic (exact) mass is 484 g/mol. The van der Waals surface area contributed by atoms with Crippen LogP contribution in [0.1, 0.15) is 0 Å². The summed E-state index contributed by atoms with van der Waals surface area (Å²) < 4.78 is 24.1. The van der Waals surface area contributed by atoms with Gasteiger partial charge in [-0.05, 0) is 48.5 Å². The van der Waals surface area contributed by atoms with E-state index in [4.69, 9.17) is 0 Å². The molecule has 0 fully saturated rings. The van der Waals surface area contributed by atoms with Crippen molar-refractivity contribution < 1.29 is 18.0 Å². The predicted octanol–water partition coefficient (Wildman–Crippen LogP) is 5.34. The van der Waals surface area contributed by atoms with Gasteiger partial charge >= 0.3 is 0 Å². The van der Waals surface area contributed by atoms with Gasteiger partial charge in [0.1, 0.15) is 0 Å². The van der Waals surface area contributed by atoms with Crippen molar-refractivity contribution in [3.05, 3.63) is 133 Å². The summed E-state index contributed by atoms with van der Waals surface area (Å²) in [6, 6.07) is 35.0. The average Bonchev–Trinajstić information content (AvgIpc) is 2.90. The first-order valence-electron chi connectivity index (χ1n) is 10.7. The van der Waals surface area contributed by atoms with Gasteiger partial charge in [-0.25, -0.2) is 8.42 Å². The maximum Gasteiger partial charge on any atom is 0.248 e. The molecule has 0 saturated heterocycles. The van der Waals surface area contributed by atoms with Crippen molar-refractivity contribution in [2.75, 3.05) is 10.6 Å². The molecule has 0 aliphatic rings. The summed E-state index contributed by atoms with van der Waals surface area (Å²) in [6.45, 7) is 0. The minimum atomic E-state index is -3.34. The highest BCUT2D eigenvalue weighted by Gasteiger charge is 2.15. The van der Waals surface area contributed by atoms with E-state index in [1.165, 1.54) is 12.2 Å². The number of anilines is 2. The Bertz CT molecular complexity index is 1260. The number of hydrogen-bond acceptors (Lipinski definition) is 4. The molecule has 4 aromatic carbocycles. The van der Waals surface area contributed by atoms with Crippen LogP contribution >= 0.6 is 0 Å². The van der Waals surface area contributed by atoms with Gasteiger partial charge in [-0.2, -0.15) is 0 Å². The molecule has 0 unspecified atom stereocenters. The molecule has 0 aliphatic heterocycles. The number of amides is 2. The van der Waals surface area contributed by atoms with E-state index in [-0.39, 0.29) is 11.8 Å². The quantitative estimate of drug-likeness (QED) is 0.361. The highest BCUT2D eigenvalue weighted by Crippen LogP contribution is 2.19. The molecule has 0 atom stereocenters. The molecule has 4 aromatic rings. The van der Waals surface area contributed by atoms with Crippen molar-refractivity contribution in [3.63, 3.8) is 0 Å². The third-order valence-corrected chi connectivity index (χ3v) is 6.36. The van der Waals surface area contributed by atoms with Crippen molar-refractivity contribution in [3.8, 4) is 0 Å². The minimum absolute atomic E-state index is 0.330. The summed E-state index contributed by atoms with van der Waals surface area (Å²) >= 11 is 0. The lowest BCUT2D eigenvalue weighted by molar-refractivity contribution is -0.114. The van der Waals surface area contributed by atoms with Gasteiger partial charge in [-0.1, -0.05) is 72.8 Å². The smallest absolute Gasteiger partial charge is 0.248 e. The van der Waals surface area contributed by atoms with E-state index < -0.39 is 9.84 Å². The number of carbonyl (C=O) groups is 2. The molecule has 2 amide bonds. The number of nitrogens with one attached hydrogen (secondary N) is 2. The minimum Gasteiger partial charge on any atom is -0.323 e. The fourth-order valence-electron chi connectivity index (χ4n) is 2.90. The lowest BCUT2D eigenvalue weighted by Crippen LogP contribution is -2.11. The third-order valence-electron chi connectivity index (χ3n) is 4.58. The molecule has 4 rings (SSSR count). The zero-order chi connectivity index (χ0) is 24.9. The average molecular weight is 485 g/mol. The Morgan fingerprint density at radius 3 is 1.09 bits per heavy atom. The number of rotatable bonds is 6. The third kappa shape index (κ3) is 8.10. The Morgan fingerprint density at radius 2 is 0.771 bits per heavy atom. The lowest BCUT2D eigenvalue weighted by Gasteiger charge is -2.03. The van der Waals surface area contributed by atoms with Crippen LogP contribution in [0, 0.1) is 0 Å². The van der Waals surface area contributed by atoms with Gasteiger partial charge in [-0.3, -0.25) is 9.59 Å². The highest BCUT2D eigenvalue weighted by atomic mass is 32.2. The van der Waals surface area contributed by atoms with E-state index in [9.17, 15) is 18.0 Å². The van der Waals surface area contributed by atoms with Crippen molar-refractivity contribution in [2.45, 2.75) is 9.79 Å². The Morgan fingerprint density at radius 1 is 0.486 bits per heavy atom. The molecule has 0 aliphatic carbocycles. The van der Waals surface area contributed by atoms with E-state index in [1.807, 2.05) is 36.4 Å². The van der Waals surface area contributed by atoms with Crippen LogP contribution in [-0.4, -0.2) is 20.2 Å². The van der Waals surface area contributed by atoms with Gasteiger partial charge in [0.05, 0.1) is 9.79 Å². The SMILES string of the molecule is O=C(C=CC(=O)Nc1ccccc1)Nc1ccccc1.O=S(=O)(c1ccccc1)c1ccccc1. The van der Waals surface area contributed by atoms with Gasteiger partial charge in [0.15, 0.2) is 0 Å². The Balaban J connectivity index is 0.000000203. The van der Waals surface area contributed by atoms with Crippen LogP contribution in [0.25, 0.3) is 0 Å². The summed E-state index contributed by atoms with van der Waals surface area (Å²) in [5, 5.41) is 5.31. The summed E-state index contributed by atoms with van der Waals surface area (Å²) in [7, 11) is -3.34. The first-order valence-corrected chi connectivity index (χ1v) is 12.2. The molecule has 176 valence electrons. The van der Waals surface area contributed by atoms with Crippen molar-refractivity contribution in [1.29, 1.82) is 0 Å². The van der Waals surface area contributed by atoms with Crippen LogP contribution in [0.4, 0.5) is 11.4 Å². The molecule has 0 aromatic heterocycles. The Kier molecular flexibility index (Phi) is 9.10. The fourth-order valence-corrected chi connectivity index (χ4v) is 4.20. The van der Waals surface area contributed by atoms with Crippen LogP contribution < -0.4 is 10.6 Å². The first-order chi connectivity index (χ1) is 16.9. The van der Waals surface area contributed by atoms with Gasteiger partial charge in [-0.15, -0.1) is 0 Å². The normalized spacial score (nSPS) is 10.6. The number of hydrogen-bond donors (Lipinski definition) is 2. The fraction of sp³-hybridized carbons (Fsp3) is 0. The summed E-state index contributed by atoms with van der Waals surface area (Å²) in [5.41, 5.74) is 1.37. The van der Waals surface area contributed by atoms with Crippen molar-refractivity contribution in [1.82, 2.24) is 0 Å². The zero-order valence-corrected chi connectivity index (χ0v) is 19.6. The number of para-hydroxylation sites is 2. The molecular weight excluding hydrogens is 460 g/mol. The van der Waals surface area contributed by atoms with Crippen molar-refractivity contribution >= 4 is 33.0 Å². The van der Waals surface area contributed by atoms with E-state index >= 15 is 0 Å². The lowest BCUT2D eigenvalue weighted by atomic mass is 10.3. The molecule has 7 heteroatoms. The molecule has 0 spiro atoms. The van der Waals surface area contributed by atoms with Crippen LogP contribution in [0.15, 0.2) is 143 Å². The molecule has 2 N–H and O–H groups in total. The summed E-state index contributed by atoms with van der Waals surface area (Å²) in [4.78, 5) is 23.8. The molecule has 0 radical (unpaired) electrons. The second-order valence-electron chi connectivity index (χ2n) is 7.17.